The summed E-state index contributed by atoms with van der Waals surface area (Å²) in [5, 5.41) is 0. The van der Waals surface area contributed by atoms with Crippen LogP contribution in [0.1, 0.15) is 406 Å². The molecule has 1 unspecified atom stereocenters. The summed E-state index contributed by atoms with van der Waals surface area (Å²) < 4.78 is 17.1. The topological polar surface area (TPSA) is 78.9 Å². The molecule has 0 aliphatic heterocycles. The molecule has 0 saturated heterocycles. The Morgan fingerprint density at radius 1 is 0.253 bits per heavy atom. The molecule has 0 N–H and O–H groups in total. The Bertz CT molecular complexity index is 1430. The lowest BCUT2D eigenvalue weighted by Crippen LogP contribution is -2.30. The Balaban J connectivity index is 4.29. The molecule has 83 heavy (non-hydrogen) atoms. The van der Waals surface area contributed by atoms with Gasteiger partial charge in [-0.25, -0.2) is 0 Å². The van der Waals surface area contributed by atoms with Crippen LogP contribution in [-0.2, 0) is 28.6 Å². The first-order chi connectivity index (χ1) is 41.0. The van der Waals surface area contributed by atoms with Crippen molar-refractivity contribution in [2.75, 3.05) is 13.2 Å². The lowest BCUT2D eigenvalue weighted by molar-refractivity contribution is -0.167. The van der Waals surface area contributed by atoms with E-state index < -0.39 is 6.10 Å². The maximum absolute atomic E-state index is 13.0. The van der Waals surface area contributed by atoms with Crippen molar-refractivity contribution in [2.45, 2.75) is 412 Å². The van der Waals surface area contributed by atoms with E-state index in [1.165, 1.54) is 283 Å². The minimum absolute atomic E-state index is 0.0665. The molecule has 486 valence electrons. The summed E-state index contributed by atoms with van der Waals surface area (Å²) in [5.41, 5.74) is 0. The van der Waals surface area contributed by atoms with Crippen molar-refractivity contribution >= 4 is 17.9 Å². The monoisotopic (exact) mass is 1160 g/mol. The van der Waals surface area contributed by atoms with E-state index in [2.05, 4.69) is 69.4 Å². The minimum atomic E-state index is -0.772. The van der Waals surface area contributed by atoms with Crippen molar-refractivity contribution in [3.05, 3.63) is 48.6 Å². The molecule has 6 heteroatoms. The summed E-state index contributed by atoms with van der Waals surface area (Å²) in [5.74, 6) is -0.834. The molecule has 0 spiro atoms. The van der Waals surface area contributed by atoms with E-state index in [0.29, 0.717) is 19.3 Å². The Morgan fingerprint density at radius 3 is 0.735 bits per heavy atom. The lowest BCUT2D eigenvalue weighted by Gasteiger charge is -2.18. The van der Waals surface area contributed by atoms with Gasteiger partial charge in [0.15, 0.2) is 6.10 Å². The second-order valence-electron chi connectivity index (χ2n) is 25.2. The van der Waals surface area contributed by atoms with Gasteiger partial charge in [-0.15, -0.1) is 0 Å². The van der Waals surface area contributed by atoms with Crippen LogP contribution in [-0.4, -0.2) is 37.2 Å². The van der Waals surface area contributed by atoms with Gasteiger partial charge in [0.25, 0.3) is 0 Å². The number of hydrogen-bond acceptors (Lipinski definition) is 6. The van der Waals surface area contributed by atoms with Gasteiger partial charge < -0.3 is 14.2 Å². The highest BCUT2D eigenvalue weighted by molar-refractivity contribution is 5.71. The molecule has 0 aromatic carbocycles. The van der Waals surface area contributed by atoms with Crippen LogP contribution in [0.25, 0.3) is 0 Å². The van der Waals surface area contributed by atoms with Crippen molar-refractivity contribution in [2.24, 2.45) is 0 Å². The molecule has 0 aromatic heterocycles. The molecule has 0 aliphatic carbocycles. The Hall–Kier alpha value is -2.63. The fourth-order valence-corrected chi connectivity index (χ4v) is 11.3. The summed E-state index contributed by atoms with van der Waals surface area (Å²) in [6, 6.07) is 0. The predicted octanol–water partition coefficient (Wildman–Crippen LogP) is 25.7. The summed E-state index contributed by atoms with van der Waals surface area (Å²) in [4.78, 5) is 38.6. The molecule has 0 aliphatic rings. The normalized spacial score (nSPS) is 12.3. The molecule has 0 saturated carbocycles. The average Bonchev–Trinajstić information content (AvgIpc) is 3.50. The first-order valence-corrected chi connectivity index (χ1v) is 37.1. The van der Waals surface area contributed by atoms with Crippen LogP contribution in [0.2, 0.25) is 0 Å². The number of rotatable bonds is 69. The Kier molecular flexibility index (Phi) is 69.6. The maximum atomic E-state index is 13.0. The average molecular weight is 1160 g/mol. The van der Waals surface area contributed by atoms with Gasteiger partial charge in [0.2, 0.25) is 0 Å². The number of carbonyl (C=O) groups excluding carboxylic acids is 3. The number of allylic oxidation sites excluding steroid dienone is 8. The highest BCUT2D eigenvalue weighted by atomic mass is 16.6. The molecule has 0 bridgehead atoms. The summed E-state index contributed by atoms with van der Waals surface area (Å²) >= 11 is 0. The zero-order chi connectivity index (χ0) is 59.9. The fraction of sp³-hybridized carbons (Fsp3) is 0.857. The number of hydrogen-bond donors (Lipinski definition) is 0. The third kappa shape index (κ3) is 70.0. The van der Waals surface area contributed by atoms with Crippen molar-refractivity contribution in [1.82, 2.24) is 0 Å². The van der Waals surface area contributed by atoms with Gasteiger partial charge in [0.1, 0.15) is 13.2 Å². The number of carbonyl (C=O) groups is 3. The Morgan fingerprint density at radius 2 is 0.470 bits per heavy atom. The van der Waals surface area contributed by atoms with Crippen LogP contribution in [0.4, 0.5) is 0 Å². The lowest BCUT2D eigenvalue weighted by atomic mass is 10.0. The Labute approximate surface area is 518 Å². The summed E-state index contributed by atoms with van der Waals surface area (Å²) in [6.45, 7) is 6.62. The zero-order valence-corrected chi connectivity index (χ0v) is 56.0. The molecule has 0 heterocycles. The van der Waals surface area contributed by atoms with E-state index in [4.69, 9.17) is 14.2 Å². The molecular weight excluding hydrogens is 1020 g/mol. The minimum Gasteiger partial charge on any atom is -0.462 e. The molecule has 0 radical (unpaired) electrons. The molecule has 0 aromatic rings. The molecule has 0 fully saturated rings. The van der Waals surface area contributed by atoms with E-state index >= 15 is 0 Å². The van der Waals surface area contributed by atoms with Gasteiger partial charge in [-0.3, -0.25) is 14.4 Å². The highest BCUT2D eigenvalue weighted by Gasteiger charge is 2.20. The molecule has 1 atom stereocenters. The van der Waals surface area contributed by atoms with Gasteiger partial charge in [-0.2, -0.15) is 0 Å². The summed E-state index contributed by atoms with van der Waals surface area (Å²) in [7, 11) is 0. The second-order valence-corrected chi connectivity index (χ2v) is 25.2. The zero-order valence-electron chi connectivity index (χ0n) is 56.0. The predicted molar refractivity (Wildman–Crippen MR) is 362 cm³/mol. The van der Waals surface area contributed by atoms with Crippen molar-refractivity contribution in [3.63, 3.8) is 0 Å². The molecule has 6 nitrogen and oxygen atoms in total. The van der Waals surface area contributed by atoms with Crippen LogP contribution in [0, 0.1) is 0 Å². The third-order valence-electron chi connectivity index (χ3n) is 16.8. The number of esters is 3. The first kappa shape index (κ1) is 80.4. The van der Waals surface area contributed by atoms with Crippen molar-refractivity contribution in [3.8, 4) is 0 Å². The maximum Gasteiger partial charge on any atom is 0.306 e. The van der Waals surface area contributed by atoms with E-state index in [0.717, 1.165) is 83.5 Å². The van der Waals surface area contributed by atoms with Crippen molar-refractivity contribution < 1.29 is 28.6 Å². The van der Waals surface area contributed by atoms with E-state index in [-0.39, 0.29) is 31.1 Å². The quantitative estimate of drug-likeness (QED) is 0.0261. The number of ether oxygens (including phenoxy) is 3. The van der Waals surface area contributed by atoms with Gasteiger partial charge in [-0.05, 0) is 57.8 Å². The summed E-state index contributed by atoms with van der Waals surface area (Å²) in [6.07, 6.45) is 91.4. The van der Waals surface area contributed by atoms with Crippen LogP contribution >= 0.6 is 0 Å². The highest BCUT2D eigenvalue weighted by Crippen LogP contribution is 2.19. The smallest absolute Gasteiger partial charge is 0.306 e. The molecule has 0 amide bonds. The van der Waals surface area contributed by atoms with E-state index in [1.807, 2.05) is 0 Å². The van der Waals surface area contributed by atoms with E-state index in [1.54, 1.807) is 0 Å². The largest absolute Gasteiger partial charge is 0.462 e. The first-order valence-electron chi connectivity index (χ1n) is 37.1. The van der Waals surface area contributed by atoms with Gasteiger partial charge in [-0.1, -0.05) is 378 Å². The van der Waals surface area contributed by atoms with Crippen molar-refractivity contribution in [1.29, 1.82) is 0 Å². The van der Waals surface area contributed by atoms with Crippen LogP contribution in [0.5, 0.6) is 0 Å². The SMILES string of the molecule is CC/C=C\C/C=C\C/C=C\C/C=C\CCCCCCCCCCCCCCC(=O)OCC(COC(=O)CCCCCCCCCCCCCCCCCCCC)OC(=O)CCCCCCCCCCCCCCCCCCCCCCCC. The van der Waals surface area contributed by atoms with Crippen LogP contribution < -0.4 is 0 Å². The molecule has 0 rings (SSSR count). The second kappa shape index (κ2) is 71.8. The standard InChI is InChI=1S/C77H142O6/c1-4-7-10-13-16-19-22-25-28-31-34-36-38-39-40-42-43-46-49-52-55-58-61-64-67-70-76(79)82-73-74(72-81-75(78)69-66-63-60-57-54-51-48-45-33-30-27-24-21-18-15-12-9-6-3)83-77(80)71-68-65-62-59-56-53-50-47-44-41-37-35-32-29-26-23-20-17-14-11-8-5-2/h7,10,16,19,25,28,34,36,74H,4-6,8-9,11-15,17-18,20-24,26-27,29-33,35,37-73H2,1-3H3/b10-7-,19-16-,28-25-,36-34-. The van der Waals surface area contributed by atoms with Gasteiger partial charge >= 0.3 is 17.9 Å². The fourth-order valence-electron chi connectivity index (χ4n) is 11.3. The third-order valence-corrected chi connectivity index (χ3v) is 16.8. The molecular formula is C77H142O6. The van der Waals surface area contributed by atoms with Gasteiger partial charge in [0.05, 0.1) is 0 Å². The van der Waals surface area contributed by atoms with Gasteiger partial charge in [0, 0.05) is 19.3 Å². The van der Waals surface area contributed by atoms with Crippen LogP contribution in [0.15, 0.2) is 48.6 Å². The number of unbranched alkanes of at least 4 members (excludes halogenated alkanes) is 50. The van der Waals surface area contributed by atoms with Crippen LogP contribution in [0.3, 0.4) is 0 Å². The van der Waals surface area contributed by atoms with E-state index in [9.17, 15) is 14.4 Å².